The van der Waals surface area contributed by atoms with Gasteiger partial charge in [0, 0.05) is 12.8 Å². The van der Waals surface area contributed by atoms with Crippen molar-refractivity contribution in [1.82, 2.24) is 0 Å². The van der Waals surface area contributed by atoms with Crippen molar-refractivity contribution in [3.8, 4) is 0 Å². The Labute approximate surface area is 291 Å². The number of esters is 2. The van der Waals surface area contributed by atoms with Crippen LogP contribution in [0.5, 0.6) is 0 Å². The average Bonchev–Trinajstić information content (AvgIpc) is 3.05. The fraction of sp³-hybridized carbons (Fsp3) is 0.917. The van der Waals surface area contributed by atoms with Gasteiger partial charge >= 0.3 is 25.7 Å². The van der Waals surface area contributed by atoms with E-state index in [1.54, 1.807) is 0 Å². The molecule has 0 aliphatic carbocycles. The number of unbranched alkanes of at least 4 members (excludes halogenated alkanes) is 22. The molecule has 0 aliphatic rings. The number of rotatable bonds is 36. The van der Waals surface area contributed by atoms with Crippen LogP contribution in [0.3, 0.4) is 0 Å². The molecule has 284 valence electrons. The molecular formula is C36H70NO10P. The Hall–Kier alpha value is -1.52. The van der Waals surface area contributed by atoms with E-state index in [9.17, 15) is 23.8 Å². The lowest BCUT2D eigenvalue weighted by molar-refractivity contribution is -0.161. The molecule has 0 aliphatic heterocycles. The van der Waals surface area contributed by atoms with E-state index in [1.165, 1.54) is 103 Å². The third-order valence-electron chi connectivity index (χ3n) is 8.36. The zero-order valence-electron chi connectivity index (χ0n) is 30.3. The van der Waals surface area contributed by atoms with Crippen molar-refractivity contribution >= 4 is 25.7 Å². The molecule has 1 unspecified atom stereocenters. The zero-order valence-corrected chi connectivity index (χ0v) is 31.2. The van der Waals surface area contributed by atoms with Gasteiger partial charge in [-0.1, -0.05) is 155 Å². The topological polar surface area (TPSA) is 172 Å². The SMILES string of the molecule is CCCCCCCCCCCCCCC(=O)OC[C@H](COP(=O)(O)OC[C@H](N)C(=O)O)OC(=O)CCCCCCCCCCCCCC. The van der Waals surface area contributed by atoms with Crippen molar-refractivity contribution in [3.63, 3.8) is 0 Å². The van der Waals surface area contributed by atoms with E-state index < -0.39 is 51.1 Å². The van der Waals surface area contributed by atoms with Crippen molar-refractivity contribution in [2.75, 3.05) is 19.8 Å². The number of aliphatic carboxylic acids is 1. The van der Waals surface area contributed by atoms with Gasteiger partial charge in [-0.15, -0.1) is 0 Å². The highest BCUT2D eigenvalue weighted by atomic mass is 31.2. The summed E-state index contributed by atoms with van der Waals surface area (Å²) in [5.74, 6) is -2.37. The Kier molecular flexibility index (Phi) is 31.6. The molecule has 12 heteroatoms. The van der Waals surface area contributed by atoms with Gasteiger partial charge in [0.1, 0.15) is 12.6 Å². The van der Waals surface area contributed by atoms with Crippen LogP contribution in [0.2, 0.25) is 0 Å². The number of phosphoric ester groups is 1. The molecule has 0 radical (unpaired) electrons. The predicted molar refractivity (Wildman–Crippen MR) is 190 cm³/mol. The molecule has 0 saturated heterocycles. The first kappa shape index (κ1) is 46.5. The lowest BCUT2D eigenvalue weighted by Gasteiger charge is -2.20. The number of carboxylic acids is 1. The summed E-state index contributed by atoms with van der Waals surface area (Å²) in [5, 5.41) is 8.85. The van der Waals surface area contributed by atoms with Gasteiger partial charge in [0.25, 0.3) is 0 Å². The highest BCUT2D eigenvalue weighted by molar-refractivity contribution is 7.47. The molecule has 48 heavy (non-hydrogen) atoms. The Bertz CT molecular complexity index is 844. The average molecular weight is 708 g/mol. The minimum atomic E-state index is -4.70. The van der Waals surface area contributed by atoms with Gasteiger partial charge in [0.2, 0.25) is 0 Å². The molecule has 4 N–H and O–H groups in total. The van der Waals surface area contributed by atoms with Crippen LogP contribution in [0.4, 0.5) is 0 Å². The maximum Gasteiger partial charge on any atom is 0.472 e. The monoisotopic (exact) mass is 707 g/mol. The Morgan fingerprint density at radius 2 is 0.917 bits per heavy atom. The summed E-state index contributed by atoms with van der Waals surface area (Å²) in [4.78, 5) is 45.7. The van der Waals surface area contributed by atoms with Crippen LogP contribution >= 0.6 is 7.82 Å². The van der Waals surface area contributed by atoms with Gasteiger partial charge in [-0.2, -0.15) is 0 Å². The second-order valence-corrected chi connectivity index (χ2v) is 14.5. The number of carbonyl (C=O) groups is 3. The highest BCUT2D eigenvalue weighted by Crippen LogP contribution is 2.43. The van der Waals surface area contributed by atoms with Crippen LogP contribution in [0.15, 0.2) is 0 Å². The summed E-state index contributed by atoms with van der Waals surface area (Å²) in [6.45, 7) is 2.79. The fourth-order valence-corrected chi connectivity index (χ4v) is 6.08. The number of carbonyl (C=O) groups excluding carboxylic acids is 2. The van der Waals surface area contributed by atoms with Crippen LogP contribution in [0.1, 0.15) is 181 Å². The number of nitrogens with two attached hydrogens (primary N) is 1. The van der Waals surface area contributed by atoms with Crippen LogP contribution < -0.4 is 5.73 Å². The fourth-order valence-electron chi connectivity index (χ4n) is 5.30. The van der Waals surface area contributed by atoms with Crippen LogP contribution in [0, 0.1) is 0 Å². The quantitative estimate of drug-likeness (QED) is 0.0322. The first-order valence-electron chi connectivity index (χ1n) is 19.1. The molecule has 0 aromatic carbocycles. The van der Waals surface area contributed by atoms with Gasteiger partial charge in [-0.25, -0.2) is 4.57 Å². The Morgan fingerprint density at radius 1 is 0.562 bits per heavy atom. The summed E-state index contributed by atoms with van der Waals surface area (Å²) in [5.41, 5.74) is 5.31. The van der Waals surface area contributed by atoms with Gasteiger partial charge in [0.15, 0.2) is 6.10 Å². The largest absolute Gasteiger partial charge is 0.480 e. The summed E-state index contributed by atoms with van der Waals surface area (Å²) in [6, 6.07) is -1.51. The molecule has 0 rings (SSSR count). The van der Waals surface area contributed by atoms with E-state index in [0.29, 0.717) is 12.8 Å². The number of ether oxygens (including phenoxy) is 2. The number of phosphoric acid groups is 1. The van der Waals surface area contributed by atoms with E-state index in [-0.39, 0.29) is 19.4 Å². The van der Waals surface area contributed by atoms with Crippen LogP contribution in [0.25, 0.3) is 0 Å². The first-order chi connectivity index (χ1) is 23.1. The predicted octanol–water partition coefficient (Wildman–Crippen LogP) is 9.17. The molecule has 0 aromatic rings. The lowest BCUT2D eigenvalue weighted by atomic mass is 10.0. The van der Waals surface area contributed by atoms with Crippen molar-refractivity contribution < 1.29 is 47.5 Å². The molecule has 11 nitrogen and oxygen atoms in total. The van der Waals surface area contributed by atoms with Gasteiger partial charge in [-0.05, 0) is 12.8 Å². The lowest BCUT2D eigenvalue weighted by Crippen LogP contribution is -2.34. The third kappa shape index (κ3) is 31.7. The summed E-state index contributed by atoms with van der Waals surface area (Å²) in [7, 11) is -4.70. The Balaban J connectivity index is 4.42. The third-order valence-corrected chi connectivity index (χ3v) is 9.31. The van der Waals surface area contributed by atoms with E-state index in [4.69, 9.17) is 24.8 Å². The smallest absolute Gasteiger partial charge is 0.472 e. The second-order valence-electron chi connectivity index (χ2n) is 13.1. The number of hydrogen-bond acceptors (Lipinski definition) is 9. The minimum absolute atomic E-state index is 0.168. The molecular weight excluding hydrogens is 637 g/mol. The highest BCUT2D eigenvalue weighted by Gasteiger charge is 2.28. The standard InChI is InChI=1S/C36H70NO10P/c1-3-5-7-9-11-13-15-17-19-21-23-25-27-34(38)44-29-32(30-45-48(42,43)46-31-33(37)36(40)41)47-35(39)28-26-24-22-20-18-16-14-12-10-8-6-4-2/h32-33H,3-31,37H2,1-2H3,(H,40,41)(H,42,43)/t32-,33+/m1/s1. The van der Waals surface area contributed by atoms with Gasteiger partial charge < -0.3 is 25.2 Å². The maximum atomic E-state index is 12.5. The van der Waals surface area contributed by atoms with Crippen molar-refractivity contribution in [3.05, 3.63) is 0 Å². The van der Waals surface area contributed by atoms with Crippen molar-refractivity contribution in [2.45, 2.75) is 193 Å². The van der Waals surface area contributed by atoms with Crippen LogP contribution in [-0.2, 0) is 37.5 Å². The molecule has 3 atom stereocenters. The van der Waals surface area contributed by atoms with Crippen molar-refractivity contribution in [1.29, 1.82) is 0 Å². The number of carboxylic acid groups (broad SMARTS) is 1. The molecule has 0 spiro atoms. The molecule has 0 aromatic heterocycles. The van der Waals surface area contributed by atoms with Crippen molar-refractivity contribution in [2.24, 2.45) is 5.73 Å². The molecule has 0 amide bonds. The van der Waals surface area contributed by atoms with Gasteiger partial charge in [0.05, 0.1) is 13.2 Å². The maximum absolute atomic E-state index is 12.5. The first-order valence-corrected chi connectivity index (χ1v) is 20.6. The normalized spacial score (nSPS) is 13.9. The minimum Gasteiger partial charge on any atom is -0.480 e. The van der Waals surface area contributed by atoms with E-state index in [0.717, 1.165) is 38.5 Å². The van der Waals surface area contributed by atoms with E-state index >= 15 is 0 Å². The summed E-state index contributed by atoms with van der Waals surface area (Å²) >= 11 is 0. The summed E-state index contributed by atoms with van der Waals surface area (Å²) in [6.07, 6.45) is 27.4. The molecule has 0 bridgehead atoms. The number of hydrogen-bond donors (Lipinski definition) is 3. The zero-order chi connectivity index (χ0) is 35.7. The second kappa shape index (κ2) is 32.7. The van der Waals surface area contributed by atoms with Gasteiger partial charge in [-0.3, -0.25) is 23.4 Å². The molecule has 0 fully saturated rings. The van der Waals surface area contributed by atoms with Crippen LogP contribution in [-0.4, -0.2) is 59.9 Å². The Morgan fingerprint density at radius 3 is 1.31 bits per heavy atom. The van der Waals surface area contributed by atoms with E-state index in [1.807, 2.05) is 0 Å². The molecule has 0 heterocycles. The van der Waals surface area contributed by atoms with E-state index in [2.05, 4.69) is 18.4 Å². The molecule has 0 saturated carbocycles. The summed E-state index contributed by atoms with van der Waals surface area (Å²) < 4.78 is 32.5.